The van der Waals surface area contributed by atoms with Crippen molar-refractivity contribution in [3.63, 3.8) is 0 Å². The van der Waals surface area contributed by atoms with Crippen LogP contribution in [0.4, 0.5) is 5.69 Å². The van der Waals surface area contributed by atoms with Crippen LogP contribution in [-0.2, 0) is 0 Å². The molecule has 5 rings (SSSR count). The number of ether oxygens (including phenoxy) is 2. The number of piperazine rings is 1. The lowest BCUT2D eigenvalue weighted by molar-refractivity contribution is 0.0847. The number of aliphatic hydroxyl groups excluding tert-OH is 1. The van der Waals surface area contributed by atoms with Crippen molar-refractivity contribution < 1.29 is 19.4 Å². The number of β-amino-alcohol motifs (C(OH)–C–C–N with tert-alkyl or cyclic N) is 1. The predicted octanol–water partition coefficient (Wildman–Crippen LogP) is 3.98. The molecule has 0 aliphatic carbocycles. The molecule has 2 aromatic carbocycles. The molecule has 1 saturated heterocycles. The van der Waals surface area contributed by atoms with Crippen molar-refractivity contribution in [1.82, 2.24) is 19.8 Å². The first-order valence-corrected chi connectivity index (χ1v) is 13.3. The fraction of sp³-hybridized carbons (Fsp3) is 0.429. The van der Waals surface area contributed by atoms with Gasteiger partial charge in [0.15, 0.2) is 11.5 Å². The highest BCUT2D eigenvalue weighted by atomic mass is 35.5. The lowest BCUT2D eigenvalue weighted by atomic mass is 10.1. The number of hydrogen-bond acceptors (Lipinski definition) is 7. The van der Waals surface area contributed by atoms with E-state index in [0.29, 0.717) is 42.8 Å². The number of aromatic nitrogens is 2. The molecule has 0 radical (unpaired) electrons. The van der Waals surface area contributed by atoms with Gasteiger partial charge in [0, 0.05) is 56.0 Å². The average molecular weight is 613 g/mol. The lowest BCUT2D eigenvalue weighted by Gasteiger charge is -2.37. The van der Waals surface area contributed by atoms with E-state index in [1.54, 1.807) is 0 Å². The van der Waals surface area contributed by atoms with Gasteiger partial charge in [0.1, 0.15) is 24.7 Å². The molecule has 12 heteroatoms. The molecule has 3 heterocycles. The number of imidazole rings is 1. The van der Waals surface area contributed by atoms with E-state index in [1.165, 1.54) is 0 Å². The van der Waals surface area contributed by atoms with Crippen LogP contribution in [0, 0.1) is 20.8 Å². The second-order valence-electron chi connectivity index (χ2n) is 9.79. The van der Waals surface area contributed by atoms with Crippen LogP contribution < -0.4 is 19.7 Å². The summed E-state index contributed by atoms with van der Waals surface area (Å²) in [4.78, 5) is 22.0. The minimum atomic E-state index is -0.681. The minimum Gasteiger partial charge on any atom is -0.486 e. The number of carbonyl (C=O) groups excluding carboxylic acids is 1. The second-order valence-corrected chi connectivity index (χ2v) is 10.2. The highest BCUT2D eigenvalue weighted by molar-refractivity contribution is 6.31. The lowest BCUT2D eigenvalue weighted by Crippen LogP contribution is -2.50. The molecule has 3 aromatic rings. The summed E-state index contributed by atoms with van der Waals surface area (Å²) in [5.74, 6) is 1.78. The number of nitrogens with one attached hydrogen (secondary N) is 1. The third-order valence-corrected chi connectivity index (χ3v) is 7.60. The third-order valence-electron chi connectivity index (χ3n) is 7.19. The number of aryl methyl sites for hydroxylation is 1. The van der Waals surface area contributed by atoms with E-state index in [2.05, 4.69) is 26.2 Å². The molecular weight excluding hydrogens is 577 g/mol. The van der Waals surface area contributed by atoms with Crippen molar-refractivity contribution >= 4 is 48.0 Å². The van der Waals surface area contributed by atoms with Crippen molar-refractivity contribution in [2.24, 2.45) is 0 Å². The largest absolute Gasteiger partial charge is 0.486 e. The summed E-state index contributed by atoms with van der Waals surface area (Å²) in [5.41, 5.74) is 4.16. The second kappa shape index (κ2) is 13.8. The van der Waals surface area contributed by atoms with Crippen LogP contribution in [0.2, 0.25) is 5.02 Å². The normalized spacial score (nSPS) is 15.6. The molecule has 1 fully saturated rings. The molecule has 1 unspecified atom stereocenters. The van der Waals surface area contributed by atoms with Gasteiger partial charge in [-0.05, 0) is 50.6 Å². The molecular formula is C28H36Cl3N5O4. The molecule has 0 spiro atoms. The van der Waals surface area contributed by atoms with Gasteiger partial charge in [0.25, 0.3) is 5.91 Å². The van der Waals surface area contributed by atoms with E-state index in [-0.39, 0.29) is 37.3 Å². The molecule has 218 valence electrons. The number of halogens is 3. The van der Waals surface area contributed by atoms with Crippen molar-refractivity contribution in [2.75, 3.05) is 57.4 Å². The Morgan fingerprint density at radius 2 is 1.75 bits per heavy atom. The van der Waals surface area contributed by atoms with E-state index in [0.717, 1.165) is 53.8 Å². The molecule has 2 aliphatic rings. The summed E-state index contributed by atoms with van der Waals surface area (Å²) in [5, 5.41) is 14.3. The van der Waals surface area contributed by atoms with E-state index in [9.17, 15) is 9.90 Å². The van der Waals surface area contributed by atoms with Gasteiger partial charge in [-0.1, -0.05) is 17.7 Å². The van der Waals surface area contributed by atoms with Crippen LogP contribution >= 0.6 is 36.4 Å². The Morgan fingerprint density at radius 3 is 2.48 bits per heavy atom. The number of hydrogen-bond donors (Lipinski definition) is 2. The van der Waals surface area contributed by atoms with E-state index < -0.39 is 6.10 Å². The van der Waals surface area contributed by atoms with Gasteiger partial charge in [-0.3, -0.25) is 9.69 Å². The van der Waals surface area contributed by atoms with Crippen LogP contribution in [-0.4, -0.2) is 84.1 Å². The Hall–Kier alpha value is -2.69. The standard InChI is InChI=1S/C28H34ClN5O4.2ClH/c1-18-23(29)5-4-6-24(18)33-11-9-32(10-12-33)17-22(35)16-30-28(36)27-19(2)34(20(3)31-27)21-7-8-25-26(15-21)38-14-13-37-25;;/h4-8,15,22,35H,9-14,16-17H2,1-3H3,(H,30,36);2*1H. The Balaban J connectivity index is 0.00000220. The number of benzene rings is 2. The maximum Gasteiger partial charge on any atom is 0.271 e. The predicted molar refractivity (Wildman–Crippen MR) is 162 cm³/mol. The van der Waals surface area contributed by atoms with Gasteiger partial charge in [-0.25, -0.2) is 4.98 Å². The first-order chi connectivity index (χ1) is 18.3. The molecule has 2 N–H and O–H groups in total. The van der Waals surface area contributed by atoms with E-state index >= 15 is 0 Å². The fourth-order valence-electron chi connectivity index (χ4n) is 5.17. The number of nitrogens with zero attached hydrogens (tertiary/aromatic N) is 4. The molecule has 1 atom stereocenters. The molecule has 9 nitrogen and oxygen atoms in total. The highest BCUT2D eigenvalue weighted by Gasteiger charge is 2.23. The zero-order chi connectivity index (χ0) is 26.8. The van der Waals surface area contributed by atoms with E-state index in [1.807, 2.05) is 55.7 Å². The van der Waals surface area contributed by atoms with Gasteiger partial charge >= 0.3 is 0 Å². The van der Waals surface area contributed by atoms with Gasteiger partial charge in [0.05, 0.1) is 17.5 Å². The third kappa shape index (κ3) is 6.78. The zero-order valence-corrected chi connectivity index (χ0v) is 25.2. The molecule has 0 bridgehead atoms. The van der Waals surface area contributed by atoms with Gasteiger partial charge in [0.2, 0.25) is 0 Å². The van der Waals surface area contributed by atoms with E-state index in [4.69, 9.17) is 21.1 Å². The first kappa shape index (κ1) is 31.8. The van der Waals surface area contributed by atoms with Crippen LogP contribution in [0.15, 0.2) is 36.4 Å². The van der Waals surface area contributed by atoms with Crippen LogP contribution in [0.1, 0.15) is 27.6 Å². The smallest absolute Gasteiger partial charge is 0.271 e. The fourth-order valence-corrected chi connectivity index (χ4v) is 5.34. The Bertz CT molecular complexity index is 1330. The minimum absolute atomic E-state index is 0. The van der Waals surface area contributed by atoms with Crippen molar-refractivity contribution in [2.45, 2.75) is 26.9 Å². The summed E-state index contributed by atoms with van der Waals surface area (Å²) < 4.78 is 13.2. The highest BCUT2D eigenvalue weighted by Crippen LogP contribution is 2.33. The van der Waals surface area contributed by atoms with Crippen LogP contribution in [0.25, 0.3) is 5.69 Å². The number of anilines is 1. The zero-order valence-electron chi connectivity index (χ0n) is 22.9. The molecule has 0 saturated carbocycles. The Morgan fingerprint density at radius 1 is 1.05 bits per heavy atom. The van der Waals surface area contributed by atoms with Crippen molar-refractivity contribution in [3.05, 3.63) is 64.2 Å². The summed E-state index contributed by atoms with van der Waals surface area (Å²) in [7, 11) is 0. The Kier molecular flexibility index (Phi) is 11.0. The summed E-state index contributed by atoms with van der Waals surface area (Å²) in [6, 6.07) is 11.7. The number of aliphatic hydroxyl groups is 1. The topological polar surface area (TPSA) is 92.1 Å². The average Bonchev–Trinajstić information content (AvgIpc) is 3.22. The maximum atomic E-state index is 13.0. The SMILES string of the molecule is Cc1c(Cl)cccc1N1CCN(CC(O)CNC(=O)c2nc(C)n(-c3ccc4c(c3)OCCO4)c2C)CC1.Cl.Cl. The molecule has 40 heavy (non-hydrogen) atoms. The molecule has 2 aliphatic heterocycles. The Labute approximate surface area is 252 Å². The van der Waals surface area contributed by atoms with Crippen molar-refractivity contribution in [3.8, 4) is 17.2 Å². The van der Waals surface area contributed by atoms with Gasteiger partial charge in [-0.15, -0.1) is 24.8 Å². The van der Waals surface area contributed by atoms with Gasteiger partial charge < -0.3 is 29.4 Å². The summed E-state index contributed by atoms with van der Waals surface area (Å²) >= 11 is 6.29. The van der Waals surface area contributed by atoms with Crippen LogP contribution in [0.3, 0.4) is 0 Å². The quantitative estimate of drug-likeness (QED) is 0.417. The number of carbonyl (C=O) groups is 1. The monoisotopic (exact) mass is 611 g/mol. The number of rotatable bonds is 7. The maximum absolute atomic E-state index is 13.0. The van der Waals surface area contributed by atoms with Crippen LogP contribution in [0.5, 0.6) is 11.5 Å². The number of fused-ring (bicyclic) bond motifs is 1. The number of amides is 1. The molecule has 1 amide bonds. The first-order valence-electron chi connectivity index (χ1n) is 13.0. The van der Waals surface area contributed by atoms with Crippen molar-refractivity contribution in [1.29, 1.82) is 0 Å². The summed E-state index contributed by atoms with van der Waals surface area (Å²) in [6.07, 6.45) is -0.681. The van der Waals surface area contributed by atoms with Gasteiger partial charge in [-0.2, -0.15) is 0 Å². The molecule has 1 aromatic heterocycles. The summed E-state index contributed by atoms with van der Waals surface area (Å²) in [6.45, 7) is 10.8.